The average molecular weight is 321 g/mol. The third-order valence-electron chi connectivity index (χ3n) is 2.13. The van der Waals surface area contributed by atoms with Crippen molar-refractivity contribution >= 4 is 43.0 Å². The van der Waals surface area contributed by atoms with E-state index in [1.165, 1.54) is 4.57 Å². The molecule has 0 aliphatic carbocycles. The lowest BCUT2D eigenvalue weighted by molar-refractivity contribution is 0.528. The molecule has 0 aliphatic rings. The number of hydrogen-bond donors (Lipinski definition) is 0. The molecule has 74 valence electrons. The first kappa shape index (κ1) is 9.98. The Kier molecular flexibility index (Phi) is 2.53. The first-order valence-electron chi connectivity index (χ1n) is 3.98. The minimum absolute atomic E-state index is 0.333. The van der Waals surface area contributed by atoms with Crippen molar-refractivity contribution in [2.45, 2.75) is 5.33 Å². The monoisotopic (exact) mass is 319 g/mol. The minimum atomic E-state index is -0.333. The van der Waals surface area contributed by atoms with Crippen LogP contribution in [-0.4, -0.2) is 4.57 Å². The predicted molar refractivity (Wildman–Crippen MR) is 61.8 cm³/mol. The van der Waals surface area contributed by atoms with Gasteiger partial charge >= 0.3 is 5.76 Å². The number of nitrogens with zero attached hydrogens (tertiary/aromatic N) is 1. The summed E-state index contributed by atoms with van der Waals surface area (Å²) in [4.78, 5) is 11.3. The maximum absolute atomic E-state index is 11.3. The topological polar surface area (TPSA) is 35.1 Å². The number of benzene rings is 1. The lowest BCUT2D eigenvalue weighted by atomic mass is 10.2. The number of fused-ring (bicyclic) bond motifs is 1. The molecule has 0 radical (unpaired) electrons. The van der Waals surface area contributed by atoms with Crippen LogP contribution in [0.5, 0.6) is 0 Å². The second-order valence-electron chi connectivity index (χ2n) is 2.93. The molecule has 3 nitrogen and oxygen atoms in total. The van der Waals surface area contributed by atoms with Crippen molar-refractivity contribution in [3.8, 4) is 0 Å². The van der Waals surface area contributed by atoms with E-state index in [1.54, 1.807) is 13.1 Å². The number of rotatable bonds is 1. The molecule has 5 heteroatoms. The highest BCUT2D eigenvalue weighted by Crippen LogP contribution is 2.27. The van der Waals surface area contributed by atoms with Crippen molar-refractivity contribution in [1.29, 1.82) is 0 Å². The predicted octanol–water partition coefficient (Wildman–Crippen LogP) is 2.79. The van der Waals surface area contributed by atoms with Crippen LogP contribution >= 0.6 is 31.9 Å². The zero-order chi connectivity index (χ0) is 10.3. The molecule has 0 atom stereocenters. The van der Waals surface area contributed by atoms with Gasteiger partial charge in [0.15, 0.2) is 5.58 Å². The molecular weight excluding hydrogens is 314 g/mol. The van der Waals surface area contributed by atoms with E-state index in [0.717, 1.165) is 15.6 Å². The minimum Gasteiger partial charge on any atom is -0.408 e. The van der Waals surface area contributed by atoms with E-state index in [-0.39, 0.29) is 5.76 Å². The van der Waals surface area contributed by atoms with Crippen LogP contribution in [0.4, 0.5) is 0 Å². The maximum atomic E-state index is 11.3. The first-order chi connectivity index (χ1) is 6.65. The zero-order valence-corrected chi connectivity index (χ0v) is 10.6. The van der Waals surface area contributed by atoms with E-state index >= 15 is 0 Å². The molecule has 2 aromatic rings. The van der Waals surface area contributed by atoms with Crippen LogP contribution in [0.15, 0.2) is 25.8 Å². The molecule has 0 spiro atoms. The van der Waals surface area contributed by atoms with Crippen molar-refractivity contribution in [3.63, 3.8) is 0 Å². The van der Waals surface area contributed by atoms with E-state index in [2.05, 4.69) is 31.9 Å². The van der Waals surface area contributed by atoms with Crippen molar-refractivity contribution in [3.05, 3.63) is 32.7 Å². The highest BCUT2D eigenvalue weighted by Gasteiger charge is 2.12. The summed E-state index contributed by atoms with van der Waals surface area (Å²) in [6.07, 6.45) is 0. The second-order valence-corrected chi connectivity index (χ2v) is 4.35. The zero-order valence-electron chi connectivity index (χ0n) is 7.38. The van der Waals surface area contributed by atoms with E-state index in [4.69, 9.17) is 4.42 Å². The molecule has 1 aromatic carbocycles. The summed E-state index contributed by atoms with van der Waals surface area (Å²) in [6, 6.07) is 3.66. The largest absolute Gasteiger partial charge is 0.419 e. The standard InChI is InChI=1S/C9H7Br2NO2/c1-12-8-5(4-10)6(11)2-3-7(8)14-9(12)13/h2-3H,4H2,1H3. The number of aryl methyl sites for hydroxylation is 1. The van der Waals surface area contributed by atoms with Gasteiger partial charge in [0.2, 0.25) is 0 Å². The molecule has 0 N–H and O–H groups in total. The number of aromatic nitrogens is 1. The molecule has 0 saturated carbocycles. The Balaban J connectivity index is 2.98. The second kappa shape index (κ2) is 3.55. The summed E-state index contributed by atoms with van der Waals surface area (Å²) in [6.45, 7) is 0. The maximum Gasteiger partial charge on any atom is 0.419 e. The van der Waals surface area contributed by atoms with Crippen LogP contribution < -0.4 is 5.76 Å². The first-order valence-corrected chi connectivity index (χ1v) is 5.89. The lowest BCUT2D eigenvalue weighted by Crippen LogP contribution is -2.09. The van der Waals surface area contributed by atoms with Crippen molar-refractivity contribution in [2.75, 3.05) is 0 Å². The summed E-state index contributed by atoms with van der Waals surface area (Å²) >= 11 is 6.82. The highest BCUT2D eigenvalue weighted by atomic mass is 79.9. The summed E-state index contributed by atoms with van der Waals surface area (Å²) in [7, 11) is 1.70. The molecule has 0 unspecified atom stereocenters. The molecule has 1 heterocycles. The van der Waals surface area contributed by atoms with E-state index in [1.807, 2.05) is 6.07 Å². The Bertz CT molecular complexity index is 541. The number of oxazole rings is 1. The molecule has 0 saturated heterocycles. The van der Waals surface area contributed by atoms with Gasteiger partial charge in [-0.3, -0.25) is 4.57 Å². The Labute approximate surface area is 97.0 Å². The summed E-state index contributed by atoms with van der Waals surface area (Å²) < 4.78 is 7.54. The van der Waals surface area contributed by atoms with Crippen molar-refractivity contribution in [1.82, 2.24) is 4.57 Å². The van der Waals surface area contributed by atoms with Crippen LogP contribution in [-0.2, 0) is 12.4 Å². The van der Waals surface area contributed by atoms with Gasteiger partial charge < -0.3 is 4.42 Å². The Morgan fingerprint density at radius 3 is 2.86 bits per heavy atom. The van der Waals surface area contributed by atoms with Crippen molar-refractivity contribution < 1.29 is 4.42 Å². The van der Waals surface area contributed by atoms with E-state index in [9.17, 15) is 4.79 Å². The summed E-state index contributed by atoms with van der Waals surface area (Å²) in [5.74, 6) is -0.333. The molecule has 0 aliphatic heterocycles. The van der Waals surface area contributed by atoms with E-state index < -0.39 is 0 Å². The van der Waals surface area contributed by atoms with Crippen LogP contribution in [0, 0.1) is 0 Å². The van der Waals surface area contributed by atoms with Crippen molar-refractivity contribution in [2.24, 2.45) is 7.05 Å². The Morgan fingerprint density at radius 1 is 1.50 bits per heavy atom. The molecule has 0 bridgehead atoms. The molecular formula is C9H7Br2NO2. The third kappa shape index (κ3) is 1.35. The summed E-state index contributed by atoms with van der Waals surface area (Å²) in [5.41, 5.74) is 2.48. The molecule has 2 rings (SSSR count). The van der Waals surface area contributed by atoms with Gasteiger partial charge in [0.05, 0.1) is 5.52 Å². The van der Waals surface area contributed by atoms with Gasteiger partial charge in [-0.05, 0) is 12.1 Å². The molecule has 0 amide bonds. The fourth-order valence-electron chi connectivity index (χ4n) is 1.42. The fraction of sp³-hybridized carbons (Fsp3) is 0.222. The van der Waals surface area contributed by atoms with Crippen LogP contribution in [0.1, 0.15) is 5.56 Å². The number of hydrogen-bond acceptors (Lipinski definition) is 2. The quantitative estimate of drug-likeness (QED) is 0.757. The smallest absolute Gasteiger partial charge is 0.408 e. The highest BCUT2D eigenvalue weighted by molar-refractivity contribution is 9.10. The number of alkyl halides is 1. The fourth-order valence-corrected chi connectivity index (χ4v) is 2.83. The Hall–Kier alpha value is -0.550. The van der Waals surface area contributed by atoms with Gasteiger partial charge in [0.25, 0.3) is 0 Å². The third-order valence-corrected chi connectivity index (χ3v) is 3.43. The van der Waals surface area contributed by atoms with Gasteiger partial charge in [0, 0.05) is 22.4 Å². The van der Waals surface area contributed by atoms with Crippen LogP contribution in [0.25, 0.3) is 11.1 Å². The van der Waals surface area contributed by atoms with Gasteiger partial charge in [-0.25, -0.2) is 4.79 Å². The molecule has 0 fully saturated rings. The van der Waals surface area contributed by atoms with Gasteiger partial charge in [-0.15, -0.1) is 0 Å². The average Bonchev–Trinajstić information content (AvgIpc) is 2.45. The summed E-state index contributed by atoms with van der Waals surface area (Å²) in [5, 5.41) is 0.678. The van der Waals surface area contributed by atoms with Gasteiger partial charge in [0.1, 0.15) is 0 Å². The molecule has 14 heavy (non-hydrogen) atoms. The van der Waals surface area contributed by atoms with Crippen LogP contribution in [0.3, 0.4) is 0 Å². The SMILES string of the molecule is Cn1c(=O)oc2ccc(Br)c(CBr)c21. The van der Waals surface area contributed by atoms with Crippen LogP contribution in [0.2, 0.25) is 0 Å². The van der Waals surface area contributed by atoms with Gasteiger partial charge in [-0.2, -0.15) is 0 Å². The Morgan fingerprint density at radius 2 is 2.21 bits per heavy atom. The van der Waals surface area contributed by atoms with Gasteiger partial charge in [-0.1, -0.05) is 31.9 Å². The molecule has 1 aromatic heterocycles. The van der Waals surface area contributed by atoms with E-state index in [0.29, 0.717) is 10.9 Å². The normalized spacial score (nSPS) is 11.1. The number of halogens is 2. The lowest BCUT2D eigenvalue weighted by Gasteiger charge is -2.02.